The first kappa shape index (κ1) is 15.3. The number of benzene rings is 1. The van der Waals surface area contributed by atoms with E-state index in [1.807, 2.05) is 0 Å². The molecule has 0 aliphatic heterocycles. The van der Waals surface area contributed by atoms with E-state index in [0.717, 1.165) is 37.8 Å². The van der Waals surface area contributed by atoms with Crippen molar-refractivity contribution in [2.24, 2.45) is 0 Å². The Morgan fingerprint density at radius 3 is 2.57 bits per heavy atom. The summed E-state index contributed by atoms with van der Waals surface area (Å²) in [7, 11) is 0. The van der Waals surface area contributed by atoms with Crippen LogP contribution in [-0.4, -0.2) is 21.9 Å². The summed E-state index contributed by atoms with van der Waals surface area (Å²) in [6, 6.07) is 3.39. The maximum Gasteiger partial charge on any atom is 0.271 e. The molecule has 1 amide bonds. The highest BCUT2D eigenvalue weighted by Crippen LogP contribution is 2.20. The topological polar surface area (TPSA) is 66.9 Å². The molecule has 1 aromatic heterocycles. The van der Waals surface area contributed by atoms with E-state index in [1.165, 1.54) is 18.5 Å². The Kier molecular flexibility index (Phi) is 4.45. The quantitative estimate of drug-likeness (QED) is 0.908. The molecule has 0 unspecified atom stereocenters. The maximum absolute atomic E-state index is 13.6. The second kappa shape index (κ2) is 6.68. The molecule has 1 aliphatic rings. The van der Waals surface area contributed by atoms with Gasteiger partial charge in [0, 0.05) is 12.1 Å². The van der Waals surface area contributed by atoms with Crippen LogP contribution in [0.15, 0.2) is 30.6 Å². The number of amides is 1. The van der Waals surface area contributed by atoms with Crippen molar-refractivity contribution in [3.05, 3.63) is 47.9 Å². The number of carbonyl (C=O) groups is 1. The molecule has 1 aromatic carbocycles. The molecule has 0 bridgehead atoms. The van der Waals surface area contributed by atoms with Gasteiger partial charge in [-0.05, 0) is 25.0 Å². The summed E-state index contributed by atoms with van der Waals surface area (Å²) in [5.41, 5.74) is 0.297. The van der Waals surface area contributed by atoms with Crippen LogP contribution in [0.1, 0.15) is 36.2 Å². The standard InChI is InChI=1S/C16H16F2N4O/c17-10-5-6-13(12(18)7-10)22-15-9-19-14(8-20-15)16(23)21-11-3-1-2-4-11/h5-9,11H,1-4H2,(H,20,22)(H,21,23). The first-order chi connectivity index (χ1) is 11.1. The summed E-state index contributed by atoms with van der Waals surface area (Å²) in [5.74, 6) is -1.37. The number of halogens is 2. The van der Waals surface area contributed by atoms with Gasteiger partial charge in [0.2, 0.25) is 0 Å². The van der Waals surface area contributed by atoms with Gasteiger partial charge in [-0.15, -0.1) is 0 Å². The van der Waals surface area contributed by atoms with Gasteiger partial charge in [0.25, 0.3) is 5.91 Å². The minimum Gasteiger partial charge on any atom is -0.348 e. The number of nitrogens with one attached hydrogen (secondary N) is 2. The van der Waals surface area contributed by atoms with Gasteiger partial charge < -0.3 is 10.6 Å². The second-order valence-corrected chi connectivity index (χ2v) is 5.49. The van der Waals surface area contributed by atoms with Gasteiger partial charge in [-0.25, -0.2) is 18.7 Å². The van der Waals surface area contributed by atoms with E-state index in [0.29, 0.717) is 0 Å². The fraction of sp³-hybridized carbons (Fsp3) is 0.312. The van der Waals surface area contributed by atoms with Crippen LogP contribution in [0.5, 0.6) is 0 Å². The predicted octanol–water partition coefficient (Wildman–Crippen LogP) is 3.17. The number of anilines is 2. The summed E-state index contributed by atoms with van der Waals surface area (Å²) >= 11 is 0. The zero-order valence-corrected chi connectivity index (χ0v) is 12.4. The van der Waals surface area contributed by atoms with Crippen molar-refractivity contribution in [2.45, 2.75) is 31.7 Å². The number of nitrogens with zero attached hydrogens (tertiary/aromatic N) is 2. The molecular weight excluding hydrogens is 302 g/mol. The lowest BCUT2D eigenvalue weighted by molar-refractivity contribution is 0.0932. The fourth-order valence-electron chi connectivity index (χ4n) is 2.57. The zero-order chi connectivity index (χ0) is 16.2. The van der Waals surface area contributed by atoms with E-state index in [4.69, 9.17) is 0 Å². The molecule has 2 aromatic rings. The molecule has 7 heteroatoms. The van der Waals surface area contributed by atoms with Gasteiger partial charge in [0.1, 0.15) is 23.1 Å². The molecule has 2 N–H and O–H groups in total. The molecule has 120 valence electrons. The Balaban J connectivity index is 1.65. The minimum absolute atomic E-state index is 0.0869. The summed E-state index contributed by atoms with van der Waals surface area (Å²) in [5, 5.41) is 5.61. The van der Waals surface area contributed by atoms with Crippen LogP contribution in [0.2, 0.25) is 0 Å². The van der Waals surface area contributed by atoms with E-state index >= 15 is 0 Å². The molecule has 0 atom stereocenters. The van der Waals surface area contributed by atoms with E-state index in [9.17, 15) is 13.6 Å². The summed E-state index contributed by atoms with van der Waals surface area (Å²) in [6.07, 6.45) is 6.90. The molecule has 1 aliphatic carbocycles. The SMILES string of the molecule is O=C(NC1CCCC1)c1cnc(Nc2ccc(F)cc2F)cn1. The van der Waals surface area contributed by atoms with Crippen molar-refractivity contribution in [1.29, 1.82) is 0 Å². The lowest BCUT2D eigenvalue weighted by atomic mass is 10.2. The van der Waals surface area contributed by atoms with Crippen molar-refractivity contribution in [3.63, 3.8) is 0 Å². The molecule has 0 radical (unpaired) electrons. The Bertz CT molecular complexity index is 700. The molecule has 1 fully saturated rings. The molecule has 0 saturated heterocycles. The smallest absolute Gasteiger partial charge is 0.271 e. The van der Waals surface area contributed by atoms with Crippen molar-refractivity contribution in [3.8, 4) is 0 Å². The van der Waals surface area contributed by atoms with Crippen molar-refractivity contribution < 1.29 is 13.6 Å². The van der Waals surface area contributed by atoms with E-state index < -0.39 is 11.6 Å². The Morgan fingerprint density at radius 2 is 1.91 bits per heavy atom. The average molecular weight is 318 g/mol. The van der Waals surface area contributed by atoms with Gasteiger partial charge >= 0.3 is 0 Å². The highest BCUT2D eigenvalue weighted by Gasteiger charge is 2.18. The molecule has 3 rings (SSSR count). The van der Waals surface area contributed by atoms with Crippen LogP contribution in [0.3, 0.4) is 0 Å². The zero-order valence-electron chi connectivity index (χ0n) is 12.4. The molecule has 0 spiro atoms. The third-order valence-corrected chi connectivity index (χ3v) is 3.77. The van der Waals surface area contributed by atoms with Crippen LogP contribution in [0, 0.1) is 11.6 Å². The number of aromatic nitrogens is 2. The molecule has 23 heavy (non-hydrogen) atoms. The van der Waals surface area contributed by atoms with Crippen LogP contribution >= 0.6 is 0 Å². The predicted molar refractivity (Wildman–Crippen MR) is 81.4 cm³/mol. The van der Waals surface area contributed by atoms with E-state index in [2.05, 4.69) is 20.6 Å². The van der Waals surface area contributed by atoms with Gasteiger partial charge in [-0.2, -0.15) is 0 Å². The number of hydrogen-bond donors (Lipinski definition) is 2. The van der Waals surface area contributed by atoms with Gasteiger partial charge in [-0.1, -0.05) is 12.8 Å². The van der Waals surface area contributed by atoms with Crippen molar-refractivity contribution in [1.82, 2.24) is 15.3 Å². The Labute approximate surface area is 132 Å². The highest BCUT2D eigenvalue weighted by molar-refractivity contribution is 5.92. The lowest BCUT2D eigenvalue weighted by Crippen LogP contribution is -2.33. The van der Waals surface area contributed by atoms with Gasteiger partial charge in [-0.3, -0.25) is 4.79 Å². The normalized spacial score (nSPS) is 14.7. The van der Waals surface area contributed by atoms with Crippen molar-refractivity contribution in [2.75, 3.05) is 5.32 Å². The molecule has 1 saturated carbocycles. The molecule has 1 heterocycles. The maximum atomic E-state index is 13.6. The van der Waals surface area contributed by atoms with Gasteiger partial charge in [0.15, 0.2) is 0 Å². The highest BCUT2D eigenvalue weighted by atomic mass is 19.1. The summed E-state index contributed by atoms with van der Waals surface area (Å²) in [4.78, 5) is 20.1. The van der Waals surface area contributed by atoms with Crippen LogP contribution in [0.4, 0.5) is 20.3 Å². The van der Waals surface area contributed by atoms with Crippen LogP contribution in [-0.2, 0) is 0 Å². The van der Waals surface area contributed by atoms with Crippen LogP contribution < -0.4 is 10.6 Å². The van der Waals surface area contributed by atoms with E-state index in [-0.39, 0.29) is 29.1 Å². The average Bonchev–Trinajstić information content (AvgIpc) is 3.04. The Morgan fingerprint density at radius 1 is 1.13 bits per heavy atom. The van der Waals surface area contributed by atoms with E-state index in [1.54, 1.807) is 0 Å². The third-order valence-electron chi connectivity index (χ3n) is 3.77. The molecular formula is C16H16F2N4O. The minimum atomic E-state index is -0.727. The first-order valence-electron chi connectivity index (χ1n) is 7.47. The molecule has 5 nitrogen and oxygen atoms in total. The van der Waals surface area contributed by atoms with Crippen LogP contribution in [0.25, 0.3) is 0 Å². The number of hydrogen-bond acceptors (Lipinski definition) is 4. The number of carbonyl (C=O) groups excluding carboxylic acids is 1. The monoisotopic (exact) mass is 318 g/mol. The lowest BCUT2D eigenvalue weighted by Gasteiger charge is -2.11. The number of rotatable bonds is 4. The largest absolute Gasteiger partial charge is 0.348 e. The van der Waals surface area contributed by atoms with Gasteiger partial charge in [0.05, 0.1) is 18.1 Å². The summed E-state index contributed by atoms with van der Waals surface area (Å²) in [6.45, 7) is 0. The third kappa shape index (κ3) is 3.80. The fourth-order valence-corrected chi connectivity index (χ4v) is 2.57. The Hall–Kier alpha value is -2.57. The summed E-state index contributed by atoms with van der Waals surface area (Å²) < 4.78 is 26.4. The van der Waals surface area contributed by atoms with Crippen molar-refractivity contribution >= 4 is 17.4 Å². The first-order valence-corrected chi connectivity index (χ1v) is 7.47. The second-order valence-electron chi connectivity index (χ2n) is 5.49.